The number of carbonyl (C=O) groups excluding carboxylic acids is 1. The van der Waals surface area contributed by atoms with Crippen molar-refractivity contribution in [3.05, 3.63) is 78.4 Å². The Morgan fingerprint density at radius 2 is 1.67 bits per heavy atom. The van der Waals surface area contributed by atoms with E-state index >= 15 is 0 Å². The largest absolute Gasteiger partial charge is 0.433 e. The van der Waals surface area contributed by atoms with Gasteiger partial charge in [-0.15, -0.1) is 0 Å². The van der Waals surface area contributed by atoms with Gasteiger partial charge in [0.1, 0.15) is 5.69 Å². The van der Waals surface area contributed by atoms with Gasteiger partial charge in [-0.05, 0) is 48.0 Å². The highest BCUT2D eigenvalue weighted by Crippen LogP contribution is 2.29. The van der Waals surface area contributed by atoms with E-state index in [-0.39, 0.29) is 16.3 Å². The van der Waals surface area contributed by atoms with Crippen molar-refractivity contribution >= 4 is 21.6 Å². The summed E-state index contributed by atoms with van der Waals surface area (Å²) in [5.74, 6) is 0. The van der Waals surface area contributed by atoms with Crippen molar-refractivity contribution in [1.82, 2.24) is 15.3 Å². The number of alkyl halides is 3. The van der Waals surface area contributed by atoms with Gasteiger partial charge < -0.3 is 10.6 Å². The van der Waals surface area contributed by atoms with Gasteiger partial charge >= 0.3 is 12.2 Å². The molecule has 156 valence electrons. The van der Waals surface area contributed by atoms with Crippen LogP contribution in [-0.4, -0.2) is 24.4 Å². The summed E-state index contributed by atoms with van der Waals surface area (Å²) in [5.41, 5.74) is -0.0410. The minimum Gasteiger partial charge on any atom is -0.334 e. The first-order chi connectivity index (χ1) is 14.2. The van der Waals surface area contributed by atoms with Crippen LogP contribution in [-0.2, 0) is 22.6 Å². The molecule has 0 bridgehead atoms. The first kappa shape index (κ1) is 21.2. The quantitative estimate of drug-likeness (QED) is 0.636. The molecule has 3 rings (SSSR count). The third kappa shape index (κ3) is 5.11. The molecule has 3 aromatic rings. The molecule has 0 aliphatic carbocycles. The van der Waals surface area contributed by atoms with E-state index in [0.29, 0.717) is 18.0 Å². The van der Waals surface area contributed by atoms with Crippen LogP contribution in [0.25, 0.3) is 0 Å². The van der Waals surface area contributed by atoms with Gasteiger partial charge in [0.25, 0.3) is 0 Å². The van der Waals surface area contributed by atoms with E-state index in [0.717, 1.165) is 11.6 Å². The molecule has 2 amide bonds. The number of hydrogen-bond acceptors (Lipinski definition) is 5. The minimum atomic E-state index is -4.66. The lowest BCUT2D eigenvalue weighted by Gasteiger charge is -2.10. The predicted molar refractivity (Wildman–Crippen MR) is 101 cm³/mol. The maximum Gasteiger partial charge on any atom is 0.433 e. The molecule has 0 unspecified atom stereocenters. The molecule has 0 aliphatic rings. The van der Waals surface area contributed by atoms with Crippen molar-refractivity contribution in [2.24, 2.45) is 0 Å². The first-order valence-electron chi connectivity index (χ1n) is 8.48. The number of sulfone groups is 1. The van der Waals surface area contributed by atoms with E-state index in [1.807, 2.05) is 0 Å². The van der Waals surface area contributed by atoms with Crippen LogP contribution in [0.5, 0.6) is 0 Å². The topological polar surface area (TPSA) is 101 Å². The lowest BCUT2D eigenvalue weighted by molar-refractivity contribution is -0.141. The van der Waals surface area contributed by atoms with Gasteiger partial charge in [0.2, 0.25) is 9.84 Å². The zero-order chi connectivity index (χ0) is 21.8. The van der Waals surface area contributed by atoms with Crippen molar-refractivity contribution in [3.8, 4) is 0 Å². The molecule has 2 N–H and O–H groups in total. The van der Waals surface area contributed by atoms with Gasteiger partial charge in [-0.1, -0.05) is 6.07 Å². The van der Waals surface area contributed by atoms with E-state index in [1.54, 1.807) is 24.5 Å². The molecule has 0 saturated heterocycles. The number of urea groups is 1. The lowest BCUT2D eigenvalue weighted by Crippen LogP contribution is -2.28. The molecule has 0 fully saturated rings. The zero-order valence-corrected chi connectivity index (χ0v) is 16.0. The van der Waals surface area contributed by atoms with Crippen LogP contribution in [0.1, 0.15) is 11.3 Å². The van der Waals surface area contributed by atoms with Gasteiger partial charge in [0.05, 0.1) is 9.79 Å². The molecule has 1 aromatic carbocycles. The summed E-state index contributed by atoms with van der Waals surface area (Å²) < 4.78 is 62.9. The fraction of sp³-hybridized carbons (Fsp3) is 0.105. The first-order valence-corrected chi connectivity index (χ1v) is 9.97. The van der Waals surface area contributed by atoms with Crippen LogP contribution >= 0.6 is 0 Å². The summed E-state index contributed by atoms with van der Waals surface area (Å²) in [6, 6.07) is 9.71. The van der Waals surface area contributed by atoms with Crippen molar-refractivity contribution in [1.29, 1.82) is 0 Å². The van der Waals surface area contributed by atoms with E-state index in [9.17, 15) is 26.4 Å². The smallest absolute Gasteiger partial charge is 0.334 e. The number of nitrogens with zero attached hydrogens (tertiary/aromatic N) is 2. The number of carbonyl (C=O) groups is 1. The summed E-state index contributed by atoms with van der Waals surface area (Å²) in [5, 5.41) is 5.18. The number of pyridine rings is 2. The lowest BCUT2D eigenvalue weighted by atomic mass is 10.3. The third-order valence-electron chi connectivity index (χ3n) is 3.94. The van der Waals surface area contributed by atoms with Crippen molar-refractivity contribution in [3.63, 3.8) is 0 Å². The van der Waals surface area contributed by atoms with Crippen LogP contribution in [0.2, 0.25) is 0 Å². The van der Waals surface area contributed by atoms with Gasteiger partial charge in [-0.25, -0.2) is 13.2 Å². The fourth-order valence-corrected chi connectivity index (χ4v) is 3.63. The van der Waals surface area contributed by atoms with Crippen LogP contribution in [0.15, 0.2) is 76.9 Å². The molecule has 0 radical (unpaired) electrons. The summed E-state index contributed by atoms with van der Waals surface area (Å²) in [4.78, 5) is 18.5. The summed E-state index contributed by atoms with van der Waals surface area (Å²) in [6.07, 6.45) is -0.778. The van der Waals surface area contributed by atoms with Crippen molar-refractivity contribution in [2.75, 3.05) is 5.32 Å². The Morgan fingerprint density at radius 1 is 0.967 bits per heavy atom. The molecule has 0 aliphatic heterocycles. The third-order valence-corrected chi connectivity index (χ3v) is 5.69. The monoisotopic (exact) mass is 436 g/mol. The predicted octanol–water partition coefficient (Wildman–Crippen LogP) is 3.65. The molecule has 30 heavy (non-hydrogen) atoms. The van der Waals surface area contributed by atoms with E-state index < -0.39 is 27.7 Å². The fourth-order valence-electron chi connectivity index (χ4n) is 2.42. The van der Waals surface area contributed by atoms with E-state index in [1.165, 1.54) is 24.3 Å². The number of nitrogens with one attached hydrogen (secondary N) is 2. The summed E-state index contributed by atoms with van der Waals surface area (Å²) in [6.45, 7) is 0.257. The summed E-state index contributed by atoms with van der Waals surface area (Å²) in [7, 11) is -4.06. The number of aromatic nitrogens is 2. The second-order valence-electron chi connectivity index (χ2n) is 6.07. The molecule has 0 spiro atoms. The normalized spacial score (nSPS) is 11.7. The van der Waals surface area contributed by atoms with Crippen LogP contribution in [0, 0.1) is 0 Å². The van der Waals surface area contributed by atoms with Gasteiger partial charge in [-0.2, -0.15) is 13.2 Å². The standard InChI is InChI=1S/C19H15F3N4O3S/c20-19(21,22)17-8-7-16(12-24-17)30(28,29)15-5-3-14(4-6-15)26-18(27)25-11-13-2-1-9-23-10-13/h1-10,12H,11H2,(H2,25,26,27). The second-order valence-corrected chi connectivity index (χ2v) is 8.02. The Labute approximate surface area is 169 Å². The van der Waals surface area contributed by atoms with E-state index in [2.05, 4.69) is 20.6 Å². The summed E-state index contributed by atoms with van der Waals surface area (Å²) >= 11 is 0. The number of halogens is 3. The molecular weight excluding hydrogens is 421 g/mol. The average Bonchev–Trinajstić information content (AvgIpc) is 2.73. The van der Waals surface area contributed by atoms with Crippen molar-refractivity contribution in [2.45, 2.75) is 22.5 Å². The number of amides is 2. The molecule has 7 nitrogen and oxygen atoms in total. The van der Waals surface area contributed by atoms with Gasteiger partial charge in [0.15, 0.2) is 0 Å². The highest BCUT2D eigenvalue weighted by atomic mass is 32.2. The van der Waals surface area contributed by atoms with Crippen molar-refractivity contribution < 1.29 is 26.4 Å². The van der Waals surface area contributed by atoms with Crippen LogP contribution in [0.4, 0.5) is 23.7 Å². The minimum absolute atomic E-state index is 0.148. The SMILES string of the molecule is O=C(NCc1cccnc1)Nc1ccc(S(=O)(=O)c2ccc(C(F)(F)F)nc2)cc1. The average molecular weight is 436 g/mol. The number of hydrogen-bond donors (Lipinski definition) is 2. The second kappa shape index (κ2) is 8.49. The Hall–Kier alpha value is -3.47. The van der Waals surface area contributed by atoms with Gasteiger partial charge in [0, 0.05) is 30.8 Å². The number of anilines is 1. The molecule has 0 saturated carbocycles. The Bertz CT molecular complexity index is 1120. The highest BCUT2D eigenvalue weighted by molar-refractivity contribution is 7.91. The molecule has 11 heteroatoms. The highest BCUT2D eigenvalue weighted by Gasteiger charge is 2.32. The maximum absolute atomic E-state index is 12.6. The molecule has 0 atom stereocenters. The number of rotatable bonds is 5. The van der Waals surface area contributed by atoms with Crippen LogP contribution < -0.4 is 10.6 Å². The van der Waals surface area contributed by atoms with E-state index in [4.69, 9.17) is 0 Å². The Morgan fingerprint density at radius 3 is 2.23 bits per heavy atom. The Kier molecular flexibility index (Phi) is 6.01. The molecule has 2 aromatic heterocycles. The zero-order valence-electron chi connectivity index (χ0n) is 15.2. The molecular formula is C19H15F3N4O3S. The van der Waals surface area contributed by atoms with Crippen LogP contribution in [0.3, 0.4) is 0 Å². The number of benzene rings is 1. The van der Waals surface area contributed by atoms with Gasteiger partial charge in [-0.3, -0.25) is 9.97 Å². The maximum atomic E-state index is 12.6. The Balaban J connectivity index is 1.66. The molecule has 2 heterocycles.